The molecule has 0 aromatic heterocycles. The number of fused-ring (bicyclic) bond motifs is 1. The molecule has 0 unspecified atom stereocenters. The quantitative estimate of drug-likeness (QED) is 0.314. The number of methoxy groups -OCH3 is 2. The number of hydrogen-bond donors (Lipinski definition) is 1. The van der Waals surface area contributed by atoms with E-state index in [1.165, 1.54) is 18.0 Å². The summed E-state index contributed by atoms with van der Waals surface area (Å²) in [7, 11) is 0.0469. The van der Waals surface area contributed by atoms with Crippen LogP contribution in [0, 0.1) is 11.3 Å². The normalized spacial score (nSPS) is 22.5. The molecule has 0 spiro atoms. The molecule has 9 nitrogen and oxygen atoms in total. The van der Waals surface area contributed by atoms with E-state index in [9.17, 15) is 18.5 Å². The second-order valence-electron chi connectivity index (χ2n) is 7.50. The van der Waals surface area contributed by atoms with Gasteiger partial charge in [-0.05, 0) is 24.1 Å². The first kappa shape index (κ1) is 24.7. The van der Waals surface area contributed by atoms with Crippen molar-refractivity contribution in [2.24, 2.45) is 4.99 Å². The molecule has 2 atom stereocenters. The lowest BCUT2D eigenvalue weighted by molar-refractivity contribution is -0.117. The fourth-order valence-electron chi connectivity index (χ4n) is 3.71. The van der Waals surface area contributed by atoms with Crippen LogP contribution in [0.1, 0.15) is 5.56 Å². The van der Waals surface area contributed by atoms with E-state index in [1.807, 2.05) is 23.1 Å². The molecular weight excluding hydrogens is 464 g/mol. The van der Waals surface area contributed by atoms with E-state index < -0.39 is 15.7 Å². The first-order valence-corrected chi connectivity index (χ1v) is 12.9. The molecule has 2 saturated heterocycles. The second-order valence-corrected chi connectivity index (χ2v) is 10.9. The van der Waals surface area contributed by atoms with Crippen LogP contribution in [0.2, 0.25) is 0 Å². The number of ether oxygens (including phenoxy) is 2. The van der Waals surface area contributed by atoms with E-state index in [2.05, 4.69) is 16.9 Å². The zero-order valence-electron chi connectivity index (χ0n) is 18.5. The minimum Gasteiger partial charge on any atom is -0.493 e. The van der Waals surface area contributed by atoms with Crippen LogP contribution < -0.4 is 14.8 Å². The average Bonchev–Trinajstić information content (AvgIpc) is 3.26. The Labute approximate surface area is 198 Å². The highest BCUT2D eigenvalue weighted by Crippen LogP contribution is 2.38. The smallest absolute Gasteiger partial charge is 0.263 e. The van der Waals surface area contributed by atoms with E-state index >= 15 is 0 Å². The fraction of sp³-hybridized carbons (Fsp3) is 0.409. The minimum atomic E-state index is -3.07. The summed E-state index contributed by atoms with van der Waals surface area (Å²) in [6, 6.07) is 7.21. The number of amides is 1. The van der Waals surface area contributed by atoms with Gasteiger partial charge in [0.1, 0.15) is 11.6 Å². The highest BCUT2D eigenvalue weighted by Gasteiger charge is 2.48. The molecule has 11 heteroatoms. The number of benzene rings is 1. The van der Waals surface area contributed by atoms with Crippen molar-refractivity contribution < 1.29 is 22.7 Å². The van der Waals surface area contributed by atoms with Crippen LogP contribution in [0.15, 0.2) is 47.6 Å². The van der Waals surface area contributed by atoms with E-state index in [0.717, 1.165) is 5.56 Å². The summed E-state index contributed by atoms with van der Waals surface area (Å²) in [6.07, 6.45) is 3.46. The Morgan fingerprint density at radius 3 is 2.79 bits per heavy atom. The summed E-state index contributed by atoms with van der Waals surface area (Å²) in [6.45, 7) is 4.49. The molecule has 176 valence electrons. The van der Waals surface area contributed by atoms with Gasteiger partial charge in [-0.15, -0.1) is 6.58 Å². The summed E-state index contributed by atoms with van der Waals surface area (Å²) in [5, 5.41) is 12.6. The van der Waals surface area contributed by atoms with Gasteiger partial charge in [-0.2, -0.15) is 5.26 Å². The molecule has 0 radical (unpaired) electrons. The topological polar surface area (TPSA) is 121 Å². The molecule has 2 aliphatic heterocycles. The second kappa shape index (κ2) is 10.8. The van der Waals surface area contributed by atoms with E-state index in [4.69, 9.17) is 9.47 Å². The summed E-state index contributed by atoms with van der Waals surface area (Å²) in [5.41, 5.74) is 0.818. The van der Waals surface area contributed by atoms with Gasteiger partial charge >= 0.3 is 0 Å². The maximum absolute atomic E-state index is 12.4. The molecule has 1 amide bonds. The van der Waals surface area contributed by atoms with Crippen molar-refractivity contribution in [3.63, 3.8) is 0 Å². The van der Waals surface area contributed by atoms with E-state index in [0.29, 0.717) is 36.2 Å². The van der Waals surface area contributed by atoms with Gasteiger partial charge in [0.25, 0.3) is 5.91 Å². The summed E-state index contributed by atoms with van der Waals surface area (Å²) in [4.78, 5) is 18.7. The number of rotatable bonds is 9. The van der Waals surface area contributed by atoms with Crippen LogP contribution in [-0.2, 0) is 21.1 Å². The third-order valence-corrected chi connectivity index (χ3v) is 8.58. The third-order valence-electron chi connectivity index (χ3n) is 5.32. The molecule has 1 aromatic carbocycles. The van der Waals surface area contributed by atoms with Crippen molar-refractivity contribution in [1.82, 2.24) is 10.2 Å². The minimum absolute atomic E-state index is 0.0724. The van der Waals surface area contributed by atoms with Crippen LogP contribution in [0.4, 0.5) is 0 Å². The van der Waals surface area contributed by atoms with Gasteiger partial charge in [0, 0.05) is 18.3 Å². The highest BCUT2D eigenvalue weighted by molar-refractivity contribution is 8.15. The zero-order chi connectivity index (χ0) is 24.0. The lowest BCUT2D eigenvalue weighted by Gasteiger charge is -2.22. The Balaban J connectivity index is 1.63. The van der Waals surface area contributed by atoms with E-state index in [-0.39, 0.29) is 28.4 Å². The maximum atomic E-state index is 12.4. The highest BCUT2D eigenvalue weighted by atomic mass is 32.2. The molecule has 2 aliphatic rings. The van der Waals surface area contributed by atoms with Crippen LogP contribution in [-0.4, -0.2) is 74.5 Å². The standard InChI is InChI=1S/C22H26N4O5S2/c1-4-9-26-17-13-33(28,29)14-20(17)32-22(26)25-12-16(11-23)21(27)24-8-7-15-5-6-18(30-2)19(10-15)31-3/h4-6,10,12,17,20H,1,7-9,13-14H2,2-3H3,(H,24,27)/b16-12-,25-22?/t17-,20+/m1/s1. The number of sulfone groups is 1. The van der Waals surface area contributed by atoms with Crippen LogP contribution in [0.3, 0.4) is 0 Å². The summed E-state index contributed by atoms with van der Waals surface area (Å²) in [5.74, 6) is 0.869. The Kier molecular flexibility index (Phi) is 8.05. The van der Waals surface area contributed by atoms with Crippen molar-refractivity contribution in [2.45, 2.75) is 17.7 Å². The lowest BCUT2D eigenvalue weighted by Crippen LogP contribution is -2.37. The largest absolute Gasteiger partial charge is 0.493 e. The molecule has 2 heterocycles. The molecule has 1 N–H and O–H groups in total. The number of carbonyl (C=O) groups is 1. The van der Waals surface area contributed by atoms with Crippen molar-refractivity contribution in [2.75, 3.05) is 38.8 Å². The summed E-state index contributed by atoms with van der Waals surface area (Å²) >= 11 is 1.36. The molecule has 0 saturated carbocycles. The van der Waals surface area contributed by atoms with Crippen molar-refractivity contribution in [1.29, 1.82) is 5.26 Å². The van der Waals surface area contributed by atoms with Gasteiger partial charge in [0.15, 0.2) is 26.5 Å². The summed E-state index contributed by atoms with van der Waals surface area (Å²) < 4.78 is 34.4. The molecule has 0 aliphatic carbocycles. The van der Waals surface area contributed by atoms with Gasteiger partial charge in [0.05, 0.1) is 38.0 Å². The average molecular weight is 491 g/mol. The first-order chi connectivity index (χ1) is 15.8. The molecule has 1 aromatic rings. The van der Waals surface area contributed by atoms with Gasteiger partial charge in [-0.25, -0.2) is 13.4 Å². The van der Waals surface area contributed by atoms with Crippen LogP contribution in [0.25, 0.3) is 0 Å². The number of thioether (sulfide) groups is 1. The third kappa shape index (κ3) is 5.89. The number of hydrogen-bond acceptors (Lipinski definition) is 8. The van der Waals surface area contributed by atoms with Crippen molar-refractivity contribution in [3.8, 4) is 17.6 Å². The molecule has 0 bridgehead atoms. The van der Waals surface area contributed by atoms with Crippen LogP contribution in [0.5, 0.6) is 11.5 Å². The Morgan fingerprint density at radius 2 is 2.12 bits per heavy atom. The lowest BCUT2D eigenvalue weighted by atomic mass is 10.1. The van der Waals surface area contributed by atoms with E-state index in [1.54, 1.807) is 26.4 Å². The molecule has 3 rings (SSSR count). The SMILES string of the molecule is C=CCN1C(=N/C=C(/C#N)C(=O)NCCc2ccc(OC)c(OC)c2)S[C@H]2CS(=O)(=O)C[C@H]21. The number of carbonyl (C=O) groups excluding carboxylic acids is 1. The van der Waals surface area contributed by atoms with Crippen molar-refractivity contribution in [3.05, 3.63) is 48.2 Å². The molecular formula is C22H26N4O5S2. The first-order valence-electron chi connectivity index (χ1n) is 10.2. The van der Waals surface area contributed by atoms with Gasteiger partial charge in [-0.1, -0.05) is 23.9 Å². The number of nitrogens with zero attached hydrogens (tertiary/aromatic N) is 3. The number of nitrogens with one attached hydrogen (secondary N) is 1. The number of amidine groups is 1. The fourth-order valence-corrected chi connectivity index (χ4v) is 7.65. The molecule has 2 fully saturated rings. The van der Waals surface area contributed by atoms with Crippen LogP contribution >= 0.6 is 11.8 Å². The monoisotopic (exact) mass is 490 g/mol. The van der Waals surface area contributed by atoms with Gasteiger partial charge in [0.2, 0.25) is 0 Å². The Morgan fingerprint density at radius 1 is 1.36 bits per heavy atom. The van der Waals surface area contributed by atoms with Crippen molar-refractivity contribution >= 4 is 32.7 Å². The number of aliphatic imine (C=N–C) groups is 1. The predicted octanol–water partition coefficient (Wildman–Crippen LogP) is 1.53. The maximum Gasteiger partial charge on any atom is 0.263 e. The Bertz CT molecular complexity index is 1120. The van der Waals surface area contributed by atoms with Gasteiger partial charge < -0.3 is 19.7 Å². The predicted molar refractivity (Wildman–Crippen MR) is 128 cm³/mol. The van der Waals surface area contributed by atoms with Gasteiger partial charge in [-0.3, -0.25) is 4.79 Å². The molecule has 33 heavy (non-hydrogen) atoms. The zero-order valence-corrected chi connectivity index (χ0v) is 20.1. The Hall–Kier alpha value is -2.97. The number of nitriles is 1.